The number of ether oxygens (including phenoxy) is 3. The van der Waals surface area contributed by atoms with Crippen molar-refractivity contribution >= 4 is 47.0 Å². The molecule has 3 N–H and O–H groups in total. The Morgan fingerprint density at radius 1 is 1.00 bits per heavy atom. The van der Waals surface area contributed by atoms with Crippen LogP contribution < -0.4 is 11.1 Å². The number of urea groups is 1. The van der Waals surface area contributed by atoms with Crippen LogP contribution in [-0.2, 0) is 36.6 Å². The van der Waals surface area contributed by atoms with Crippen molar-refractivity contribution in [3.8, 4) is 0 Å². The lowest BCUT2D eigenvalue weighted by molar-refractivity contribution is -0.146. The number of amides is 4. The SMILES string of the molecule is Cc1cc(C[C@@H](OC(=O)N2CCC(N3CCc4ccccc4NC3=O)CC2)C(=O)N(C)CCC(C)C2CCN(CC(=O)OCCN3CCOCC3)CC2)cc(Cl)c1N. The highest BCUT2D eigenvalue weighted by Gasteiger charge is 2.35. The van der Waals surface area contributed by atoms with Gasteiger partial charge in [-0.15, -0.1) is 0 Å². The first kappa shape index (κ1) is 43.5. The van der Waals surface area contributed by atoms with Gasteiger partial charge in [0, 0.05) is 71.0 Å². The Labute approximate surface area is 348 Å². The van der Waals surface area contributed by atoms with Gasteiger partial charge in [0.1, 0.15) is 6.61 Å². The zero-order valence-corrected chi connectivity index (χ0v) is 35.2. The van der Waals surface area contributed by atoms with Crippen LogP contribution in [0.3, 0.4) is 0 Å². The van der Waals surface area contributed by atoms with E-state index < -0.39 is 12.2 Å². The predicted molar refractivity (Wildman–Crippen MR) is 224 cm³/mol. The number of nitrogens with one attached hydrogen (secondary N) is 1. The third kappa shape index (κ3) is 11.8. The highest BCUT2D eigenvalue weighted by atomic mass is 35.5. The van der Waals surface area contributed by atoms with E-state index in [0.29, 0.717) is 74.7 Å². The molecule has 1 unspecified atom stereocenters. The number of likely N-dealkylation sites (tertiary alicyclic amines) is 2. The molecule has 0 aliphatic carbocycles. The molecule has 2 atom stereocenters. The number of benzene rings is 2. The molecule has 4 heterocycles. The number of esters is 1. The summed E-state index contributed by atoms with van der Waals surface area (Å²) in [4.78, 5) is 63.1. The number of hydrogen-bond donors (Lipinski definition) is 2. The van der Waals surface area contributed by atoms with Crippen LogP contribution in [0.4, 0.5) is 21.0 Å². The van der Waals surface area contributed by atoms with Crippen LogP contribution in [0.15, 0.2) is 36.4 Å². The van der Waals surface area contributed by atoms with E-state index in [1.54, 1.807) is 22.9 Å². The number of carbonyl (C=O) groups is 4. The molecule has 4 aliphatic heterocycles. The van der Waals surface area contributed by atoms with Crippen molar-refractivity contribution in [1.29, 1.82) is 0 Å². The molecule has 3 saturated heterocycles. The number of nitrogens with two attached hydrogens (primary N) is 1. The van der Waals surface area contributed by atoms with Crippen molar-refractivity contribution in [3.05, 3.63) is 58.1 Å². The van der Waals surface area contributed by atoms with Crippen molar-refractivity contribution in [2.75, 3.05) is 103 Å². The van der Waals surface area contributed by atoms with Crippen LogP contribution in [-0.4, -0.2) is 153 Å². The Morgan fingerprint density at radius 2 is 1.72 bits per heavy atom. The average Bonchev–Trinajstić information content (AvgIpc) is 3.39. The second-order valence-corrected chi connectivity index (χ2v) is 16.9. The van der Waals surface area contributed by atoms with Gasteiger partial charge >= 0.3 is 18.1 Å². The molecule has 6 rings (SSSR count). The molecule has 58 heavy (non-hydrogen) atoms. The molecule has 2 aromatic carbocycles. The predicted octanol–water partition coefficient (Wildman–Crippen LogP) is 4.90. The third-order valence-corrected chi connectivity index (χ3v) is 12.8. The first-order valence-corrected chi connectivity index (χ1v) is 21.4. The zero-order chi connectivity index (χ0) is 41.2. The van der Waals surface area contributed by atoms with Gasteiger partial charge in [0.25, 0.3) is 5.91 Å². The summed E-state index contributed by atoms with van der Waals surface area (Å²) < 4.78 is 17.0. The highest BCUT2D eigenvalue weighted by Crippen LogP contribution is 2.29. The molecule has 318 valence electrons. The molecule has 0 aromatic heterocycles. The summed E-state index contributed by atoms with van der Waals surface area (Å²) in [5, 5.41) is 3.44. The minimum Gasteiger partial charge on any atom is -0.463 e. The number of likely N-dealkylation sites (N-methyl/N-ethyl adjacent to an activating group) is 1. The van der Waals surface area contributed by atoms with Gasteiger partial charge in [0.2, 0.25) is 0 Å². The van der Waals surface area contributed by atoms with Crippen molar-refractivity contribution in [3.63, 3.8) is 0 Å². The monoisotopic (exact) mass is 823 g/mol. The lowest BCUT2D eigenvalue weighted by Crippen LogP contribution is -2.51. The molecule has 3 fully saturated rings. The number of aryl methyl sites for hydroxylation is 1. The first-order chi connectivity index (χ1) is 27.9. The van der Waals surface area contributed by atoms with E-state index in [2.05, 4.69) is 22.0 Å². The number of fused-ring (bicyclic) bond motifs is 1. The summed E-state index contributed by atoms with van der Waals surface area (Å²) in [6.07, 6.45) is 3.29. The minimum atomic E-state index is -1.06. The molecule has 4 aliphatic rings. The summed E-state index contributed by atoms with van der Waals surface area (Å²) in [6.45, 7) is 12.4. The Bertz CT molecular complexity index is 1700. The van der Waals surface area contributed by atoms with Crippen molar-refractivity contribution < 1.29 is 33.4 Å². The van der Waals surface area contributed by atoms with E-state index in [1.807, 2.05) is 42.2 Å². The van der Waals surface area contributed by atoms with Crippen LogP contribution in [0.2, 0.25) is 5.02 Å². The standard InChI is InChI=1S/C43H62ClN7O7/c1-30(33-9-15-49(16-10-33)29-39(52)57-25-22-48-20-23-56-24-21-48)8-14-47(3)41(53)38(28-32-26-31(2)40(45)36(44)27-32)58-43(55)50-17-12-35(13-18-50)51-19-11-34-6-4-5-7-37(34)46-42(51)54/h4-7,26-27,30,33,35,38H,8-25,28-29,45H2,1-3H3,(H,46,54)/t30?,38-/m1/s1. The largest absolute Gasteiger partial charge is 0.463 e. The quantitative estimate of drug-likeness (QED) is 0.199. The fourth-order valence-corrected chi connectivity index (χ4v) is 8.93. The number of anilines is 2. The second kappa shape index (κ2) is 20.7. The smallest absolute Gasteiger partial charge is 0.410 e. The molecule has 0 bridgehead atoms. The second-order valence-electron chi connectivity index (χ2n) is 16.4. The highest BCUT2D eigenvalue weighted by molar-refractivity contribution is 6.33. The minimum absolute atomic E-state index is 0.0108. The lowest BCUT2D eigenvalue weighted by atomic mass is 9.83. The lowest BCUT2D eigenvalue weighted by Gasteiger charge is -2.38. The van der Waals surface area contributed by atoms with E-state index in [0.717, 1.165) is 94.0 Å². The molecule has 0 saturated carbocycles. The summed E-state index contributed by atoms with van der Waals surface area (Å²) in [5.74, 6) is 0.386. The van der Waals surface area contributed by atoms with Crippen LogP contribution in [0, 0.1) is 18.8 Å². The van der Waals surface area contributed by atoms with Crippen molar-refractivity contribution in [2.24, 2.45) is 11.8 Å². The van der Waals surface area contributed by atoms with E-state index >= 15 is 0 Å². The topological polar surface area (TPSA) is 150 Å². The molecule has 2 aromatic rings. The van der Waals surface area contributed by atoms with Crippen LogP contribution >= 0.6 is 11.6 Å². The Hall–Kier alpha value is -4.11. The summed E-state index contributed by atoms with van der Waals surface area (Å²) in [5.41, 5.74) is 10.1. The van der Waals surface area contributed by atoms with E-state index in [1.165, 1.54) is 0 Å². The van der Waals surface area contributed by atoms with Gasteiger partial charge in [-0.1, -0.05) is 42.8 Å². The van der Waals surface area contributed by atoms with Crippen LogP contribution in [0.1, 0.15) is 55.7 Å². The molecular weight excluding hydrogens is 762 g/mol. The van der Waals surface area contributed by atoms with Crippen molar-refractivity contribution in [2.45, 2.75) is 70.9 Å². The molecule has 0 radical (unpaired) electrons. The maximum atomic E-state index is 14.1. The normalized spacial score (nSPS) is 19.8. The van der Waals surface area contributed by atoms with Gasteiger partial charge < -0.3 is 40.0 Å². The number of carbonyl (C=O) groups excluding carboxylic acids is 4. The summed E-state index contributed by atoms with van der Waals surface area (Å²) >= 11 is 6.44. The van der Waals surface area contributed by atoms with Gasteiger partial charge in [-0.3, -0.25) is 19.4 Å². The van der Waals surface area contributed by atoms with Gasteiger partial charge in [-0.2, -0.15) is 0 Å². The van der Waals surface area contributed by atoms with Crippen LogP contribution in [0.25, 0.3) is 0 Å². The maximum Gasteiger partial charge on any atom is 0.410 e. The maximum absolute atomic E-state index is 14.1. The summed E-state index contributed by atoms with van der Waals surface area (Å²) in [6, 6.07) is 11.3. The Morgan fingerprint density at radius 3 is 2.45 bits per heavy atom. The number of nitrogens with zero attached hydrogens (tertiary/aromatic N) is 5. The first-order valence-electron chi connectivity index (χ1n) is 21.0. The fraction of sp³-hybridized carbons (Fsp3) is 0.628. The number of para-hydroxylation sites is 1. The van der Waals surface area contributed by atoms with Gasteiger partial charge in [0.15, 0.2) is 6.10 Å². The number of rotatable bonds is 14. The van der Waals surface area contributed by atoms with Gasteiger partial charge in [0.05, 0.1) is 30.5 Å². The van der Waals surface area contributed by atoms with Gasteiger partial charge in [-0.25, -0.2) is 9.59 Å². The molecule has 14 nitrogen and oxygen atoms in total. The van der Waals surface area contributed by atoms with E-state index in [9.17, 15) is 19.2 Å². The molecule has 15 heteroatoms. The number of piperidine rings is 2. The zero-order valence-electron chi connectivity index (χ0n) is 34.5. The van der Waals surface area contributed by atoms with Crippen molar-refractivity contribution in [1.82, 2.24) is 24.5 Å². The van der Waals surface area contributed by atoms with E-state index in [4.69, 9.17) is 31.5 Å². The number of nitrogen functional groups attached to an aromatic ring is 1. The Kier molecular flexibility index (Phi) is 15.5. The Balaban J connectivity index is 0.978. The number of hydrogen-bond acceptors (Lipinski definition) is 10. The third-order valence-electron chi connectivity index (χ3n) is 12.5. The average molecular weight is 824 g/mol. The molecule has 0 spiro atoms. The number of halogens is 1. The number of morpholine rings is 1. The van der Waals surface area contributed by atoms with Crippen LogP contribution in [0.5, 0.6) is 0 Å². The molecular formula is C43H62ClN7O7. The fourth-order valence-electron chi connectivity index (χ4n) is 8.64. The van der Waals surface area contributed by atoms with E-state index in [-0.39, 0.29) is 30.4 Å². The summed E-state index contributed by atoms with van der Waals surface area (Å²) in [7, 11) is 1.76. The van der Waals surface area contributed by atoms with Gasteiger partial charge in [-0.05, 0) is 99.2 Å². The molecule has 4 amide bonds.